The van der Waals surface area contributed by atoms with Crippen LogP contribution in [0.15, 0.2) is 79.1 Å². The molecule has 0 radical (unpaired) electrons. The Balaban J connectivity index is 1.45. The zero-order valence-electron chi connectivity index (χ0n) is 15.6. The largest absolute Gasteiger partial charge is 0.289 e. The molecule has 0 aliphatic carbocycles. The van der Waals surface area contributed by atoms with Gasteiger partial charge in [-0.3, -0.25) is 4.79 Å². The van der Waals surface area contributed by atoms with E-state index in [-0.39, 0.29) is 5.78 Å². The van der Waals surface area contributed by atoms with Crippen molar-refractivity contribution in [3.05, 3.63) is 95.8 Å². The van der Waals surface area contributed by atoms with Crippen molar-refractivity contribution in [2.45, 2.75) is 20.0 Å². The fourth-order valence-electron chi connectivity index (χ4n) is 2.93. The molecule has 2 heterocycles. The second-order valence-corrected chi connectivity index (χ2v) is 6.45. The third-order valence-corrected chi connectivity index (χ3v) is 4.50. The lowest BCUT2D eigenvalue weighted by atomic mass is 10.0. The minimum absolute atomic E-state index is 0.0322. The van der Waals surface area contributed by atoms with Crippen molar-refractivity contribution in [2.75, 3.05) is 0 Å². The summed E-state index contributed by atoms with van der Waals surface area (Å²) in [5, 5.41) is 12.4. The SMILES string of the molecule is CCn1nnc(-c2ccc(C[n+]3ccc(C(=O)c4ccccc4)cc3)cc2)n1. The predicted molar refractivity (Wildman–Crippen MR) is 105 cm³/mol. The molecule has 0 saturated carbocycles. The Labute approximate surface area is 163 Å². The number of tetrazole rings is 1. The van der Waals surface area contributed by atoms with Crippen LogP contribution in [0.25, 0.3) is 11.4 Å². The van der Waals surface area contributed by atoms with Crippen molar-refractivity contribution in [3.63, 3.8) is 0 Å². The summed E-state index contributed by atoms with van der Waals surface area (Å²) in [5.74, 6) is 0.662. The number of ketones is 1. The molecule has 0 bridgehead atoms. The summed E-state index contributed by atoms with van der Waals surface area (Å²) >= 11 is 0. The number of aromatic nitrogens is 5. The zero-order valence-corrected chi connectivity index (χ0v) is 15.6. The van der Waals surface area contributed by atoms with Gasteiger partial charge < -0.3 is 0 Å². The van der Waals surface area contributed by atoms with E-state index < -0.39 is 0 Å². The van der Waals surface area contributed by atoms with E-state index in [1.807, 2.05) is 78.5 Å². The van der Waals surface area contributed by atoms with Crippen LogP contribution in [0.1, 0.15) is 28.4 Å². The van der Waals surface area contributed by atoms with E-state index in [1.165, 1.54) is 0 Å². The lowest BCUT2D eigenvalue weighted by Gasteiger charge is -2.02. The highest BCUT2D eigenvalue weighted by Gasteiger charge is 2.11. The molecule has 0 aliphatic heterocycles. The Morgan fingerprint density at radius 1 is 0.929 bits per heavy atom. The van der Waals surface area contributed by atoms with Gasteiger partial charge in [-0.1, -0.05) is 54.6 Å². The Kier molecular flexibility index (Phi) is 5.01. The Hall–Kier alpha value is -3.67. The summed E-state index contributed by atoms with van der Waals surface area (Å²) in [6.45, 7) is 3.39. The van der Waals surface area contributed by atoms with Crippen molar-refractivity contribution in [1.29, 1.82) is 0 Å². The first-order chi connectivity index (χ1) is 13.7. The molecular formula is C22H20N5O+. The monoisotopic (exact) mass is 370 g/mol. The molecule has 138 valence electrons. The Morgan fingerprint density at radius 3 is 2.25 bits per heavy atom. The highest BCUT2D eigenvalue weighted by atomic mass is 16.1. The Morgan fingerprint density at radius 2 is 1.61 bits per heavy atom. The highest BCUT2D eigenvalue weighted by Crippen LogP contribution is 2.14. The number of carbonyl (C=O) groups is 1. The molecule has 4 rings (SSSR count). The molecule has 0 atom stereocenters. The molecule has 4 aromatic rings. The van der Waals surface area contributed by atoms with Crippen LogP contribution >= 0.6 is 0 Å². The minimum Gasteiger partial charge on any atom is -0.289 e. The van der Waals surface area contributed by atoms with Gasteiger partial charge in [-0.2, -0.15) is 4.80 Å². The van der Waals surface area contributed by atoms with Crippen molar-refractivity contribution < 1.29 is 9.36 Å². The van der Waals surface area contributed by atoms with Crippen LogP contribution in [-0.4, -0.2) is 26.0 Å². The Bertz CT molecular complexity index is 1070. The molecule has 6 heteroatoms. The van der Waals surface area contributed by atoms with E-state index in [2.05, 4.69) is 27.5 Å². The molecular weight excluding hydrogens is 350 g/mol. The molecule has 2 aromatic heterocycles. The minimum atomic E-state index is 0.0322. The van der Waals surface area contributed by atoms with Crippen molar-refractivity contribution in [1.82, 2.24) is 20.2 Å². The molecule has 0 saturated heterocycles. The van der Waals surface area contributed by atoms with E-state index in [0.717, 1.165) is 17.7 Å². The zero-order chi connectivity index (χ0) is 19.3. The van der Waals surface area contributed by atoms with Gasteiger partial charge in [-0.05, 0) is 12.1 Å². The lowest BCUT2D eigenvalue weighted by Crippen LogP contribution is -2.33. The lowest BCUT2D eigenvalue weighted by molar-refractivity contribution is -0.688. The van der Waals surface area contributed by atoms with Crippen LogP contribution in [0.5, 0.6) is 0 Å². The standard InChI is InChI=1S/C22H20N5O/c1-2-27-24-22(23-25-27)20-10-8-17(9-11-20)16-26-14-12-19(13-15-26)21(28)18-6-4-3-5-7-18/h3-15H,2,16H2,1H3/q+1. The van der Waals surface area contributed by atoms with Crippen LogP contribution in [0, 0.1) is 0 Å². The van der Waals surface area contributed by atoms with E-state index in [4.69, 9.17) is 0 Å². The second-order valence-electron chi connectivity index (χ2n) is 6.45. The van der Waals surface area contributed by atoms with Gasteiger partial charge in [0.1, 0.15) is 0 Å². The fourth-order valence-corrected chi connectivity index (χ4v) is 2.93. The van der Waals surface area contributed by atoms with Gasteiger partial charge in [-0.15, -0.1) is 10.2 Å². The van der Waals surface area contributed by atoms with Crippen LogP contribution in [0.3, 0.4) is 0 Å². The first kappa shape index (κ1) is 17.7. The van der Waals surface area contributed by atoms with Gasteiger partial charge in [0.25, 0.3) is 0 Å². The number of hydrogen-bond acceptors (Lipinski definition) is 4. The van der Waals surface area contributed by atoms with E-state index in [0.29, 0.717) is 23.5 Å². The number of pyridine rings is 1. The van der Waals surface area contributed by atoms with E-state index >= 15 is 0 Å². The summed E-state index contributed by atoms with van der Waals surface area (Å²) in [7, 11) is 0. The number of aryl methyl sites for hydroxylation is 1. The third kappa shape index (κ3) is 3.86. The number of nitrogens with zero attached hydrogens (tertiary/aromatic N) is 5. The van der Waals surface area contributed by atoms with Gasteiger partial charge >= 0.3 is 0 Å². The number of rotatable bonds is 6. The topological polar surface area (TPSA) is 64.6 Å². The van der Waals surface area contributed by atoms with Crippen LogP contribution in [0.4, 0.5) is 0 Å². The number of benzene rings is 2. The van der Waals surface area contributed by atoms with Gasteiger partial charge in [-0.25, -0.2) is 4.57 Å². The van der Waals surface area contributed by atoms with Crippen molar-refractivity contribution >= 4 is 5.78 Å². The average molecular weight is 370 g/mol. The van der Waals surface area contributed by atoms with Gasteiger partial charge in [0.2, 0.25) is 5.82 Å². The second kappa shape index (κ2) is 7.92. The summed E-state index contributed by atoms with van der Waals surface area (Å²) in [5.41, 5.74) is 3.48. The van der Waals surface area contributed by atoms with Crippen LogP contribution in [-0.2, 0) is 13.1 Å². The van der Waals surface area contributed by atoms with Crippen LogP contribution in [0.2, 0.25) is 0 Å². The molecule has 0 aliphatic rings. The summed E-state index contributed by atoms with van der Waals surface area (Å²) < 4.78 is 2.04. The van der Waals surface area contributed by atoms with Gasteiger partial charge in [0.05, 0.1) is 6.54 Å². The van der Waals surface area contributed by atoms with Gasteiger partial charge in [0.15, 0.2) is 24.7 Å². The molecule has 0 amide bonds. The summed E-state index contributed by atoms with van der Waals surface area (Å²) in [6, 6.07) is 21.1. The van der Waals surface area contributed by atoms with Crippen LogP contribution < -0.4 is 4.57 Å². The molecule has 28 heavy (non-hydrogen) atoms. The highest BCUT2D eigenvalue weighted by molar-refractivity contribution is 6.08. The number of carbonyl (C=O) groups excluding carboxylic acids is 1. The predicted octanol–water partition coefficient (Wildman–Crippen LogP) is 2.93. The number of hydrogen-bond donors (Lipinski definition) is 0. The molecule has 0 N–H and O–H groups in total. The molecule has 0 fully saturated rings. The fraction of sp³-hybridized carbons (Fsp3) is 0.136. The first-order valence-electron chi connectivity index (χ1n) is 9.19. The van der Waals surface area contributed by atoms with Gasteiger partial charge in [0, 0.05) is 34.4 Å². The van der Waals surface area contributed by atoms with E-state index in [1.54, 1.807) is 4.80 Å². The van der Waals surface area contributed by atoms with Crippen molar-refractivity contribution in [3.8, 4) is 11.4 Å². The quantitative estimate of drug-likeness (QED) is 0.387. The van der Waals surface area contributed by atoms with Crippen molar-refractivity contribution in [2.24, 2.45) is 0 Å². The molecule has 0 unspecified atom stereocenters. The summed E-state index contributed by atoms with van der Waals surface area (Å²) in [4.78, 5) is 14.1. The molecule has 6 nitrogen and oxygen atoms in total. The smallest absolute Gasteiger partial charge is 0.204 e. The normalized spacial score (nSPS) is 10.8. The third-order valence-electron chi connectivity index (χ3n) is 4.50. The molecule has 0 spiro atoms. The van der Waals surface area contributed by atoms with E-state index in [9.17, 15) is 4.79 Å². The maximum atomic E-state index is 12.5. The maximum absolute atomic E-state index is 12.5. The average Bonchev–Trinajstić information content (AvgIpc) is 3.24. The maximum Gasteiger partial charge on any atom is 0.204 e. The molecule has 2 aromatic carbocycles. The summed E-state index contributed by atoms with van der Waals surface area (Å²) in [6.07, 6.45) is 3.86. The first-order valence-corrected chi connectivity index (χ1v) is 9.19.